The Morgan fingerprint density at radius 3 is 2.50 bits per heavy atom. The Morgan fingerprint density at radius 2 is 2.06 bits per heavy atom. The predicted octanol–water partition coefficient (Wildman–Crippen LogP) is 2.66. The largest absolute Gasteiger partial charge is 0.263 e. The molecule has 1 rings (SSSR count). The zero-order valence-corrected chi connectivity index (χ0v) is 13.1. The lowest BCUT2D eigenvalue weighted by molar-refractivity contribution is 0.317. The third-order valence-electron chi connectivity index (χ3n) is 2.90. The van der Waals surface area contributed by atoms with Crippen molar-refractivity contribution in [2.45, 2.75) is 37.6 Å². The molecule has 0 bridgehead atoms. The number of halogens is 1. The summed E-state index contributed by atoms with van der Waals surface area (Å²) in [7, 11) is -3.45. The number of pyridine rings is 1. The monoisotopic (exact) mass is 334 g/mol. The fraction of sp³-hybridized carbons (Fsp3) is 0.583. The zero-order valence-electron chi connectivity index (χ0n) is 10.7. The molecule has 0 aromatic carbocycles. The van der Waals surface area contributed by atoms with Crippen molar-refractivity contribution in [3.8, 4) is 0 Å². The van der Waals surface area contributed by atoms with E-state index in [-0.39, 0.29) is 10.9 Å². The average molecular weight is 335 g/mol. The van der Waals surface area contributed by atoms with Gasteiger partial charge in [-0.25, -0.2) is 8.42 Å². The van der Waals surface area contributed by atoms with E-state index in [4.69, 9.17) is 0 Å². The van der Waals surface area contributed by atoms with Gasteiger partial charge in [0.15, 0.2) is 0 Å². The number of aromatic nitrogens is 1. The quantitative estimate of drug-likeness (QED) is 0.720. The Morgan fingerprint density at radius 1 is 1.39 bits per heavy atom. The summed E-state index contributed by atoms with van der Waals surface area (Å²) in [6, 6.07) is 3.27. The van der Waals surface area contributed by atoms with Crippen LogP contribution in [0.3, 0.4) is 0 Å². The zero-order chi connectivity index (χ0) is 13.6. The molecule has 102 valence electrons. The number of rotatable bonds is 7. The molecule has 18 heavy (non-hydrogen) atoms. The molecule has 0 fully saturated rings. The van der Waals surface area contributed by atoms with Crippen LogP contribution >= 0.6 is 15.9 Å². The lowest BCUT2D eigenvalue weighted by atomic mass is 10.2. The van der Waals surface area contributed by atoms with Crippen LogP contribution in [0.25, 0.3) is 0 Å². The Bertz CT molecular complexity index is 446. The molecule has 0 saturated carbocycles. The van der Waals surface area contributed by atoms with E-state index in [2.05, 4.69) is 20.9 Å². The van der Waals surface area contributed by atoms with Gasteiger partial charge >= 0.3 is 0 Å². The lowest BCUT2D eigenvalue weighted by Gasteiger charge is -2.28. The maximum Gasteiger partial charge on any atom is 0.244 e. The topological polar surface area (TPSA) is 50.3 Å². The first-order valence-corrected chi connectivity index (χ1v) is 8.61. The molecule has 0 unspecified atom stereocenters. The summed E-state index contributed by atoms with van der Waals surface area (Å²) in [4.78, 5) is 4.15. The van der Waals surface area contributed by atoms with Crippen LogP contribution in [0.2, 0.25) is 0 Å². The molecular formula is C12H19BrN2O2S. The minimum atomic E-state index is -3.45. The van der Waals surface area contributed by atoms with Gasteiger partial charge in [-0.2, -0.15) is 4.31 Å². The van der Waals surface area contributed by atoms with Gasteiger partial charge in [0.25, 0.3) is 0 Å². The molecule has 0 aliphatic rings. The van der Waals surface area contributed by atoms with Gasteiger partial charge in [-0.3, -0.25) is 4.98 Å². The number of alkyl halides is 1. The summed E-state index contributed by atoms with van der Waals surface area (Å²) in [6.07, 6.45) is 4.59. The van der Waals surface area contributed by atoms with E-state index in [1.54, 1.807) is 22.6 Å². The summed E-state index contributed by atoms with van der Waals surface area (Å²) in [5.41, 5.74) is 0. The molecule has 0 N–H and O–H groups in total. The maximum atomic E-state index is 12.5. The Labute approximate surface area is 118 Å². The van der Waals surface area contributed by atoms with Crippen molar-refractivity contribution in [2.24, 2.45) is 0 Å². The number of nitrogens with zero attached hydrogens (tertiary/aromatic N) is 2. The summed E-state index contributed by atoms with van der Waals surface area (Å²) >= 11 is 3.32. The second-order valence-corrected chi connectivity index (χ2v) is 6.65. The Kier molecular flexibility index (Phi) is 6.25. The van der Waals surface area contributed by atoms with Crippen molar-refractivity contribution in [1.29, 1.82) is 0 Å². The van der Waals surface area contributed by atoms with Crippen molar-refractivity contribution < 1.29 is 8.42 Å². The first kappa shape index (κ1) is 15.6. The highest BCUT2D eigenvalue weighted by Crippen LogP contribution is 2.20. The molecule has 0 aliphatic carbocycles. The van der Waals surface area contributed by atoms with Crippen LogP contribution in [0.4, 0.5) is 0 Å². The molecule has 6 heteroatoms. The second-order valence-electron chi connectivity index (χ2n) is 3.96. The highest BCUT2D eigenvalue weighted by molar-refractivity contribution is 9.09. The van der Waals surface area contributed by atoms with E-state index in [9.17, 15) is 8.42 Å². The van der Waals surface area contributed by atoms with Crippen LogP contribution < -0.4 is 0 Å². The lowest BCUT2D eigenvalue weighted by Crippen LogP contribution is -2.40. The van der Waals surface area contributed by atoms with E-state index >= 15 is 0 Å². The van der Waals surface area contributed by atoms with Gasteiger partial charge in [-0.05, 0) is 25.0 Å². The van der Waals surface area contributed by atoms with Crippen LogP contribution in [0.1, 0.15) is 26.7 Å². The minimum Gasteiger partial charge on any atom is -0.263 e. The van der Waals surface area contributed by atoms with Crippen LogP contribution in [0.5, 0.6) is 0 Å². The first-order valence-electron chi connectivity index (χ1n) is 6.05. The van der Waals surface area contributed by atoms with Crippen LogP contribution in [0.15, 0.2) is 29.4 Å². The van der Waals surface area contributed by atoms with Crippen LogP contribution in [-0.2, 0) is 10.0 Å². The molecule has 1 aromatic heterocycles. The van der Waals surface area contributed by atoms with Gasteiger partial charge in [0.2, 0.25) is 10.0 Å². The number of hydrogen-bond donors (Lipinski definition) is 0. The van der Waals surface area contributed by atoms with Gasteiger partial charge in [0.05, 0.1) is 0 Å². The van der Waals surface area contributed by atoms with Gasteiger partial charge in [0, 0.05) is 30.3 Å². The molecule has 0 aliphatic heterocycles. The molecule has 0 saturated heterocycles. The summed E-state index contributed by atoms with van der Waals surface area (Å²) in [5.74, 6) is 0. The van der Waals surface area contributed by atoms with Crippen LogP contribution in [-0.4, -0.2) is 35.6 Å². The van der Waals surface area contributed by atoms with E-state index < -0.39 is 10.0 Å². The van der Waals surface area contributed by atoms with E-state index in [1.165, 1.54) is 6.20 Å². The van der Waals surface area contributed by atoms with Crippen molar-refractivity contribution >= 4 is 26.0 Å². The van der Waals surface area contributed by atoms with Gasteiger partial charge in [0.1, 0.15) is 4.90 Å². The summed E-state index contributed by atoms with van der Waals surface area (Å²) in [6.45, 7) is 4.49. The molecule has 0 spiro atoms. The molecule has 0 amide bonds. The van der Waals surface area contributed by atoms with Crippen molar-refractivity contribution in [1.82, 2.24) is 9.29 Å². The highest BCUT2D eigenvalue weighted by Gasteiger charge is 2.29. The number of sulfonamides is 1. The standard InChI is InChI=1S/C12H19BrN2O2S/c1-3-11(4-2)15(9-7-13)18(16,17)12-6-5-8-14-10-12/h5-6,8,10-11H,3-4,7,9H2,1-2H3. The third-order valence-corrected chi connectivity index (χ3v) is 5.19. The fourth-order valence-electron chi connectivity index (χ4n) is 1.91. The Hall–Kier alpha value is -0.460. The van der Waals surface area contributed by atoms with Gasteiger partial charge < -0.3 is 0 Å². The predicted molar refractivity (Wildman–Crippen MR) is 76.3 cm³/mol. The smallest absolute Gasteiger partial charge is 0.244 e. The molecular weight excluding hydrogens is 316 g/mol. The van der Waals surface area contributed by atoms with E-state index in [0.29, 0.717) is 11.9 Å². The molecule has 1 aromatic rings. The van der Waals surface area contributed by atoms with Crippen LogP contribution in [0, 0.1) is 0 Å². The van der Waals surface area contributed by atoms with E-state index in [1.807, 2.05) is 13.8 Å². The molecule has 0 radical (unpaired) electrons. The summed E-state index contributed by atoms with van der Waals surface area (Å²) in [5, 5.41) is 0.628. The maximum absolute atomic E-state index is 12.5. The molecule has 4 nitrogen and oxygen atoms in total. The number of hydrogen-bond acceptors (Lipinski definition) is 3. The fourth-order valence-corrected chi connectivity index (χ4v) is 4.27. The Balaban J connectivity index is 3.12. The van der Waals surface area contributed by atoms with Gasteiger partial charge in [-0.15, -0.1) is 0 Å². The van der Waals surface area contributed by atoms with Gasteiger partial charge in [-0.1, -0.05) is 29.8 Å². The van der Waals surface area contributed by atoms with Crippen molar-refractivity contribution in [3.63, 3.8) is 0 Å². The third kappa shape index (κ3) is 3.52. The highest BCUT2D eigenvalue weighted by atomic mass is 79.9. The summed E-state index contributed by atoms with van der Waals surface area (Å²) < 4.78 is 26.7. The minimum absolute atomic E-state index is 0.0350. The average Bonchev–Trinajstić information content (AvgIpc) is 2.40. The SMILES string of the molecule is CCC(CC)N(CCBr)S(=O)(=O)c1cccnc1. The van der Waals surface area contributed by atoms with E-state index in [0.717, 1.165) is 12.8 Å². The normalized spacial score (nSPS) is 12.3. The molecule has 1 heterocycles. The van der Waals surface area contributed by atoms with Crippen molar-refractivity contribution in [2.75, 3.05) is 11.9 Å². The molecule has 0 atom stereocenters. The first-order chi connectivity index (χ1) is 8.57. The van der Waals surface area contributed by atoms with Crippen molar-refractivity contribution in [3.05, 3.63) is 24.5 Å². The second kappa shape index (κ2) is 7.21.